The van der Waals surface area contributed by atoms with Gasteiger partial charge in [0.2, 0.25) is 0 Å². The molecule has 0 saturated heterocycles. The molecule has 1 N–H and O–H groups in total. The number of hydrogen-bond acceptors (Lipinski definition) is 1. The summed E-state index contributed by atoms with van der Waals surface area (Å²) in [5.41, 5.74) is 0. The fourth-order valence-electron chi connectivity index (χ4n) is 5.21. The molecule has 3 nitrogen and oxygen atoms in total. The van der Waals surface area contributed by atoms with Crippen LogP contribution in [0, 0.1) is 0 Å². The monoisotopic (exact) mass is 572 g/mol. The molecule has 32 heavy (non-hydrogen) atoms. The summed E-state index contributed by atoms with van der Waals surface area (Å²) in [6.07, 6.45) is 16.4. The maximum atomic E-state index is 2.33. The summed E-state index contributed by atoms with van der Waals surface area (Å²) in [6.45, 7) is 29.8. The lowest BCUT2D eigenvalue weighted by Gasteiger charge is -2.39. The molecule has 0 amide bonds. The minimum Gasteiger partial charge on any atom is -1.00 e. The first-order chi connectivity index (χ1) is 14.5. The molecule has 0 aromatic heterocycles. The Morgan fingerprint density at radius 3 is 0.656 bits per heavy atom. The van der Waals surface area contributed by atoms with Crippen LogP contribution in [0.2, 0.25) is 0 Å². The van der Waals surface area contributed by atoms with Gasteiger partial charge in [0.1, 0.15) is 0 Å². The molecule has 0 spiro atoms. The van der Waals surface area contributed by atoms with E-state index in [0.29, 0.717) is 0 Å². The van der Waals surface area contributed by atoms with Gasteiger partial charge in [0, 0.05) is 0 Å². The van der Waals surface area contributed by atoms with Crippen molar-refractivity contribution in [3.63, 3.8) is 0 Å². The lowest BCUT2D eigenvalue weighted by Crippen LogP contribution is -3.00. The second-order valence-corrected chi connectivity index (χ2v) is 9.89. The van der Waals surface area contributed by atoms with Gasteiger partial charge in [-0.25, -0.2) is 0 Å². The van der Waals surface area contributed by atoms with Gasteiger partial charge in [-0.05, 0) is 51.4 Å². The summed E-state index contributed by atoms with van der Waals surface area (Å²) in [6, 6.07) is 0. The van der Waals surface area contributed by atoms with Crippen molar-refractivity contribution >= 4 is 0 Å². The molecule has 0 unspecified atom stereocenters. The van der Waals surface area contributed by atoms with Crippen molar-refractivity contribution < 1.29 is 38.4 Å². The van der Waals surface area contributed by atoms with Crippen molar-refractivity contribution in [3.8, 4) is 0 Å². The van der Waals surface area contributed by atoms with E-state index in [1.807, 2.05) is 0 Å². The van der Waals surface area contributed by atoms with E-state index >= 15 is 0 Å². The predicted molar refractivity (Wildman–Crippen MR) is 142 cm³/mol. The van der Waals surface area contributed by atoms with E-state index in [9.17, 15) is 0 Å². The Bertz CT molecular complexity index is 272. The summed E-state index contributed by atoms with van der Waals surface area (Å²) >= 11 is 0. The highest BCUT2D eigenvalue weighted by Gasteiger charge is 2.25. The van der Waals surface area contributed by atoms with E-state index in [1.54, 1.807) is 0 Å². The minimum absolute atomic E-state index is 0. The first kappa shape index (κ1) is 39.8. The summed E-state index contributed by atoms with van der Waals surface area (Å²) < 4.78 is 2.80. The number of unbranched alkanes of at least 4 members (excludes halogenated alkanes) is 4. The molecule has 0 aromatic rings. The highest BCUT2D eigenvalue weighted by molar-refractivity contribution is 4.49. The van der Waals surface area contributed by atoms with Gasteiger partial charge in [0.15, 0.2) is 0 Å². The van der Waals surface area contributed by atoms with Crippen molar-refractivity contribution in [2.75, 3.05) is 52.4 Å². The van der Waals surface area contributed by atoms with Crippen molar-refractivity contribution in [2.24, 2.45) is 0 Å². The molecule has 4 heteroatoms. The topological polar surface area (TPSA) is 30.0 Å². The van der Waals surface area contributed by atoms with Crippen LogP contribution in [0.5, 0.6) is 0 Å². The molecule has 0 aliphatic heterocycles. The van der Waals surface area contributed by atoms with Crippen LogP contribution in [0.15, 0.2) is 0 Å². The van der Waals surface area contributed by atoms with Gasteiger partial charge in [0.05, 0.1) is 52.4 Å². The molecule has 0 rings (SSSR count). The quantitative estimate of drug-likeness (QED) is 0.144. The highest BCUT2D eigenvalue weighted by Crippen LogP contribution is 2.16. The molecular weight excluding hydrogens is 507 g/mol. The summed E-state index contributed by atoms with van der Waals surface area (Å²) in [5, 5.41) is 0. The first-order valence-electron chi connectivity index (χ1n) is 14.2. The highest BCUT2D eigenvalue weighted by atomic mass is 127. The summed E-state index contributed by atoms with van der Waals surface area (Å²) in [4.78, 5) is 0. The Morgan fingerprint density at radius 2 is 0.500 bits per heavy atom. The molecule has 0 bridgehead atoms. The lowest BCUT2D eigenvalue weighted by atomic mass is 10.1. The second kappa shape index (κ2) is 27.9. The maximum Gasteiger partial charge on any atom is 0.0786 e. The molecule has 200 valence electrons. The molecular formula is C28H65IN2O. The molecule has 0 heterocycles. The summed E-state index contributed by atoms with van der Waals surface area (Å²) in [5.74, 6) is 0. The normalized spacial score (nSPS) is 11.2. The number of hydrogen-bond donors (Lipinski definition) is 0. The number of halogens is 1. The second-order valence-electron chi connectivity index (χ2n) is 9.89. The maximum absolute atomic E-state index is 2.33. The van der Waals surface area contributed by atoms with Crippen LogP contribution < -0.4 is 24.0 Å². The molecule has 0 fully saturated rings. The largest absolute Gasteiger partial charge is 1.00 e. The van der Waals surface area contributed by atoms with Gasteiger partial charge >= 0.3 is 0 Å². The van der Waals surface area contributed by atoms with Gasteiger partial charge in [-0.15, -0.1) is 0 Å². The zero-order valence-electron chi connectivity index (χ0n) is 23.9. The van der Waals surface area contributed by atoms with Crippen molar-refractivity contribution in [3.05, 3.63) is 0 Å². The zero-order chi connectivity index (χ0) is 23.1. The molecule has 0 aliphatic carbocycles. The Balaban J connectivity index is -0.000000238. The molecule has 0 radical (unpaired) electrons. The SMILES string of the molecule is CCCC[N+](CCCC)(CCCC)CCCC.CCC[N+](CCC)(CCC)CCC.[I-].[OH-]. The molecule has 0 saturated carbocycles. The fourth-order valence-corrected chi connectivity index (χ4v) is 5.21. The van der Waals surface area contributed by atoms with E-state index in [1.165, 1.54) is 138 Å². The third-order valence-electron chi connectivity index (χ3n) is 6.74. The van der Waals surface area contributed by atoms with Gasteiger partial charge in [-0.3, -0.25) is 0 Å². The van der Waals surface area contributed by atoms with E-state index in [-0.39, 0.29) is 29.5 Å². The van der Waals surface area contributed by atoms with Gasteiger partial charge in [0.25, 0.3) is 0 Å². The Labute approximate surface area is 222 Å². The van der Waals surface area contributed by atoms with Crippen LogP contribution in [0.25, 0.3) is 0 Å². The van der Waals surface area contributed by atoms with Crippen LogP contribution in [0.4, 0.5) is 0 Å². The number of nitrogens with zero attached hydrogens (tertiary/aromatic N) is 2. The van der Waals surface area contributed by atoms with Crippen molar-refractivity contribution in [2.45, 2.75) is 132 Å². The number of quaternary nitrogens is 2. The third-order valence-corrected chi connectivity index (χ3v) is 6.74. The lowest BCUT2D eigenvalue weighted by molar-refractivity contribution is -0.929. The molecule has 0 aromatic carbocycles. The Morgan fingerprint density at radius 1 is 0.312 bits per heavy atom. The molecule has 0 aliphatic rings. The van der Waals surface area contributed by atoms with Crippen molar-refractivity contribution in [1.29, 1.82) is 0 Å². The summed E-state index contributed by atoms with van der Waals surface area (Å²) in [7, 11) is 0. The Kier molecular flexibility index (Phi) is 34.6. The van der Waals surface area contributed by atoms with Crippen LogP contribution in [0.1, 0.15) is 132 Å². The van der Waals surface area contributed by atoms with Crippen LogP contribution in [0.3, 0.4) is 0 Å². The van der Waals surface area contributed by atoms with Crippen molar-refractivity contribution in [1.82, 2.24) is 0 Å². The van der Waals surface area contributed by atoms with Gasteiger partial charge < -0.3 is 38.4 Å². The van der Waals surface area contributed by atoms with Crippen LogP contribution >= 0.6 is 0 Å². The van der Waals surface area contributed by atoms with Gasteiger partial charge in [-0.2, -0.15) is 0 Å². The average Bonchev–Trinajstić information content (AvgIpc) is 2.74. The number of rotatable bonds is 20. The predicted octanol–water partition coefficient (Wildman–Crippen LogP) is 5.27. The molecule has 0 atom stereocenters. The van der Waals surface area contributed by atoms with Crippen LogP contribution in [-0.4, -0.2) is 66.8 Å². The third kappa shape index (κ3) is 20.0. The first-order valence-corrected chi connectivity index (χ1v) is 14.2. The van der Waals surface area contributed by atoms with E-state index in [2.05, 4.69) is 55.4 Å². The van der Waals surface area contributed by atoms with E-state index < -0.39 is 0 Å². The fraction of sp³-hybridized carbons (Fsp3) is 1.00. The Hall–Kier alpha value is 0.610. The zero-order valence-corrected chi connectivity index (χ0v) is 26.0. The van der Waals surface area contributed by atoms with Crippen LogP contribution in [-0.2, 0) is 0 Å². The minimum atomic E-state index is 0. The smallest absolute Gasteiger partial charge is 0.0786 e. The average molecular weight is 573 g/mol. The van der Waals surface area contributed by atoms with Gasteiger partial charge in [-0.1, -0.05) is 81.1 Å². The van der Waals surface area contributed by atoms with E-state index in [4.69, 9.17) is 0 Å². The standard InChI is InChI=1S/C16H36N.C12H28N.HI.H2O/c1-5-9-13-17(14-10-6-2,15-11-7-3)16-12-8-4;1-5-9-13(10-6-2,11-7-3)12-8-4;;/h5-16H2,1-4H3;5-12H2,1-4H3;1H;1H2/q2*+1;;/p-2. The van der Waals surface area contributed by atoms with E-state index in [0.717, 1.165) is 0 Å².